The Balaban J connectivity index is 1.62. The summed E-state index contributed by atoms with van der Waals surface area (Å²) in [6.07, 6.45) is 2.54. The topological polar surface area (TPSA) is 61.5 Å². The van der Waals surface area contributed by atoms with Crippen molar-refractivity contribution < 1.29 is 13.9 Å². The van der Waals surface area contributed by atoms with E-state index in [4.69, 9.17) is 4.74 Å². The van der Waals surface area contributed by atoms with Crippen molar-refractivity contribution >= 4 is 5.91 Å². The molecule has 2 aromatic rings. The zero-order chi connectivity index (χ0) is 17.2. The van der Waals surface area contributed by atoms with Crippen molar-refractivity contribution in [3.05, 3.63) is 53.1 Å². The number of amides is 1. The molecule has 2 aliphatic rings. The second-order valence-corrected chi connectivity index (χ2v) is 6.49. The molecule has 4 rings (SSSR count). The number of fused-ring (bicyclic) bond motifs is 1. The van der Waals surface area contributed by atoms with Crippen molar-refractivity contribution in [3.63, 3.8) is 0 Å². The highest BCUT2D eigenvalue weighted by Crippen LogP contribution is 2.27. The van der Waals surface area contributed by atoms with E-state index < -0.39 is 6.04 Å². The van der Waals surface area contributed by atoms with Gasteiger partial charge in [0.1, 0.15) is 11.9 Å². The number of rotatable bonds is 3. The van der Waals surface area contributed by atoms with E-state index in [1.807, 2.05) is 11.0 Å². The van der Waals surface area contributed by atoms with E-state index in [0.29, 0.717) is 45.0 Å². The molecule has 25 heavy (non-hydrogen) atoms. The first kappa shape index (κ1) is 16.2. The number of morpholine rings is 1. The van der Waals surface area contributed by atoms with E-state index in [-0.39, 0.29) is 11.7 Å². The average Bonchev–Trinajstić information content (AvgIpc) is 3.10. The van der Waals surface area contributed by atoms with Crippen LogP contribution < -0.4 is 0 Å². The van der Waals surface area contributed by atoms with Gasteiger partial charge in [0.2, 0.25) is 5.91 Å². The maximum Gasteiger partial charge on any atom is 0.244 e. The van der Waals surface area contributed by atoms with Crippen LogP contribution >= 0.6 is 0 Å². The summed E-state index contributed by atoms with van der Waals surface area (Å²) in [5.74, 6) is -0.307. The van der Waals surface area contributed by atoms with Gasteiger partial charge in [0.05, 0.1) is 19.4 Å². The van der Waals surface area contributed by atoms with Gasteiger partial charge in [-0.2, -0.15) is 5.10 Å². The van der Waals surface area contributed by atoms with Gasteiger partial charge in [-0.15, -0.1) is 0 Å². The number of nitrogens with zero attached hydrogens (tertiary/aromatic N) is 3. The Morgan fingerprint density at radius 3 is 2.92 bits per heavy atom. The van der Waals surface area contributed by atoms with Crippen molar-refractivity contribution in [2.24, 2.45) is 0 Å². The number of carbonyl (C=O) groups is 1. The Hall–Kier alpha value is -2.25. The molecular formula is C18H21FN4O2. The maximum absolute atomic E-state index is 13.8. The molecule has 7 heteroatoms. The number of benzene rings is 1. The lowest BCUT2D eigenvalue weighted by molar-refractivity contribution is -0.140. The van der Waals surface area contributed by atoms with Crippen LogP contribution in [-0.4, -0.2) is 58.8 Å². The minimum Gasteiger partial charge on any atom is -0.379 e. The highest BCUT2D eigenvalue weighted by molar-refractivity contribution is 5.83. The normalized spacial score (nSPS) is 19.5. The molecule has 0 spiro atoms. The fourth-order valence-electron chi connectivity index (χ4n) is 3.60. The summed E-state index contributed by atoms with van der Waals surface area (Å²) in [5.41, 5.74) is 2.85. The predicted octanol–water partition coefficient (Wildman–Crippen LogP) is 1.51. The molecule has 0 saturated carbocycles. The van der Waals surface area contributed by atoms with Gasteiger partial charge in [-0.3, -0.25) is 14.8 Å². The summed E-state index contributed by atoms with van der Waals surface area (Å²) in [6.45, 7) is 3.69. The van der Waals surface area contributed by atoms with Gasteiger partial charge in [0.25, 0.3) is 0 Å². The Kier molecular flexibility index (Phi) is 4.50. The van der Waals surface area contributed by atoms with Gasteiger partial charge in [0, 0.05) is 43.9 Å². The summed E-state index contributed by atoms with van der Waals surface area (Å²) in [7, 11) is 0. The number of ether oxygens (including phenoxy) is 1. The van der Waals surface area contributed by atoms with E-state index in [9.17, 15) is 9.18 Å². The lowest BCUT2D eigenvalue weighted by atomic mass is 10.0. The van der Waals surface area contributed by atoms with E-state index in [1.54, 1.807) is 12.3 Å². The van der Waals surface area contributed by atoms with Crippen LogP contribution in [-0.2, 0) is 22.5 Å². The van der Waals surface area contributed by atoms with Crippen molar-refractivity contribution in [1.29, 1.82) is 0 Å². The van der Waals surface area contributed by atoms with Crippen LogP contribution in [0.5, 0.6) is 0 Å². The molecule has 6 nitrogen and oxygen atoms in total. The zero-order valence-electron chi connectivity index (χ0n) is 13.9. The first-order valence-corrected chi connectivity index (χ1v) is 8.59. The Bertz CT molecular complexity index is 757. The van der Waals surface area contributed by atoms with E-state index in [1.165, 1.54) is 12.1 Å². The van der Waals surface area contributed by atoms with Gasteiger partial charge in [-0.05, 0) is 17.7 Å². The SMILES string of the molecule is O=C([C@H](c1cccc(F)c1)N1CCOCC1)N1CCc2[nH]ncc2C1. The third kappa shape index (κ3) is 3.29. The minimum atomic E-state index is -0.479. The van der Waals surface area contributed by atoms with Crippen LogP contribution in [0.1, 0.15) is 22.9 Å². The quantitative estimate of drug-likeness (QED) is 0.917. The van der Waals surface area contributed by atoms with E-state index in [2.05, 4.69) is 15.1 Å². The molecule has 1 amide bonds. The molecular weight excluding hydrogens is 323 g/mol. The fourth-order valence-corrected chi connectivity index (χ4v) is 3.60. The molecule has 0 radical (unpaired) electrons. The Labute approximate surface area is 145 Å². The fraction of sp³-hybridized carbons (Fsp3) is 0.444. The van der Waals surface area contributed by atoms with Gasteiger partial charge in [-0.25, -0.2) is 4.39 Å². The number of nitrogens with one attached hydrogen (secondary N) is 1. The van der Waals surface area contributed by atoms with E-state index in [0.717, 1.165) is 17.7 Å². The number of carbonyl (C=O) groups excluding carboxylic acids is 1. The summed E-state index contributed by atoms with van der Waals surface area (Å²) in [4.78, 5) is 17.3. The van der Waals surface area contributed by atoms with Crippen LogP contribution in [0, 0.1) is 5.82 Å². The first-order valence-electron chi connectivity index (χ1n) is 8.59. The number of aromatic nitrogens is 2. The van der Waals surface area contributed by atoms with Crippen LogP contribution in [0.2, 0.25) is 0 Å². The van der Waals surface area contributed by atoms with Crippen LogP contribution in [0.3, 0.4) is 0 Å². The highest BCUT2D eigenvalue weighted by Gasteiger charge is 2.34. The summed E-state index contributed by atoms with van der Waals surface area (Å²) in [6, 6.07) is 5.88. The highest BCUT2D eigenvalue weighted by atomic mass is 19.1. The number of hydrogen-bond acceptors (Lipinski definition) is 4. The largest absolute Gasteiger partial charge is 0.379 e. The average molecular weight is 344 g/mol. The number of H-pyrrole nitrogens is 1. The van der Waals surface area contributed by atoms with Gasteiger partial charge in [-0.1, -0.05) is 12.1 Å². The molecule has 0 unspecified atom stereocenters. The standard InChI is InChI=1S/C18H21FN4O2/c19-15-3-1-2-13(10-15)17(22-6-8-25-9-7-22)18(24)23-5-4-16-14(12-23)11-20-21-16/h1-3,10-11,17H,4-9,12H2,(H,20,21)/t17-/m0/s1. The maximum atomic E-state index is 13.8. The third-order valence-electron chi connectivity index (χ3n) is 4.92. The van der Waals surface area contributed by atoms with Crippen molar-refractivity contribution in [2.75, 3.05) is 32.8 Å². The first-order chi connectivity index (χ1) is 12.2. The van der Waals surface area contributed by atoms with Crippen LogP contribution in [0.15, 0.2) is 30.5 Å². The molecule has 1 atom stereocenters. The second kappa shape index (κ2) is 6.93. The molecule has 1 aromatic carbocycles. The number of hydrogen-bond donors (Lipinski definition) is 1. The minimum absolute atomic E-state index is 0.0133. The Morgan fingerprint density at radius 2 is 2.12 bits per heavy atom. The molecule has 0 bridgehead atoms. The summed E-state index contributed by atoms with van der Waals surface area (Å²) in [5, 5.41) is 7.05. The van der Waals surface area contributed by atoms with Crippen molar-refractivity contribution in [1.82, 2.24) is 20.0 Å². The van der Waals surface area contributed by atoms with Crippen LogP contribution in [0.25, 0.3) is 0 Å². The number of aromatic amines is 1. The van der Waals surface area contributed by atoms with Crippen LogP contribution in [0.4, 0.5) is 4.39 Å². The zero-order valence-corrected chi connectivity index (χ0v) is 13.9. The molecule has 1 aromatic heterocycles. The third-order valence-corrected chi connectivity index (χ3v) is 4.92. The van der Waals surface area contributed by atoms with Crippen molar-refractivity contribution in [3.8, 4) is 0 Å². The second-order valence-electron chi connectivity index (χ2n) is 6.49. The molecule has 132 valence electrons. The molecule has 3 heterocycles. The molecule has 1 N–H and O–H groups in total. The van der Waals surface area contributed by atoms with Gasteiger partial charge >= 0.3 is 0 Å². The van der Waals surface area contributed by atoms with E-state index >= 15 is 0 Å². The lowest BCUT2D eigenvalue weighted by Crippen LogP contribution is -2.48. The molecule has 1 fully saturated rings. The molecule has 2 aliphatic heterocycles. The molecule has 0 aliphatic carbocycles. The summed E-state index contributed by atoms with van der Waals surface area (Å²) >= 11 is 0. The number of halogens is 1. The smallest absolute Gasteiger partial charge is 0.244 e. The lowest BCUT2D eigenvalue weighted by Gasteiger charge is -2.37. The van der Waals surface area contributed by atoms with Crippen molar-refractivity contribution in [2.45, 2.75) is 19.0 Å². The Morgan fingerprint density at radius 1 is 1.28 bits per heavy atom. The summed E-state index contributed by atoms with van der Waals surface area (Å²) < 4.78 is 19.2. The van der Waals surface area contributed by atoms with Gasteiger partial charge < -0.3 is 9.64 Å². The van der Waals surface area contributed by atoms with Gasteiger partial charge in [0.15, 0.2) is 0 Å². The predicted molar refractivity (Wildman–Crippen MR) is 89.2 cm³/mol. The monoisotopic (exact) mass is 344 g/mol. The molecule has 1 saturated heterocycles.